The molecule has 0 spiro atoms. The summed E-state index contributed by atoms with van der Waals surface area (Å²) in [7, 11) is 2.00. The molecule has 0 N–H and O–H groups in total. The van der Waals surface area contributed by atoms with Gasteiger partial charge in [0.1, 0.15) is 6.61 Å². The lowest BCUT2D eigenvalue weighted by atomic mass is 10.1. The van der Waals surface area contributed by atoms with E-state index in [0.717, 1.165) is 37.0 Å². The summed E-state index contributed by atoms with van der Waals surface area (Å²) in [5.74, 6) is 0. The summed E-state index contributed by atoms with van der Waals surface area (Å²) in [6.45, 7) is 1.55. The van der Waals surface area contributed by atoms with Crippen LogP contribution in [0.4, 0.5) is 13.2 Å². The highest BCUT2D eigenvalue weighted by Gasteiger charge is 2.30. The maximum atomic E-state index is 12.1. The van der Waals surface area contributed by atoms with Crippen molar-refractivity contribution in [3.8, 4) is 0 Å². The first-order chi connectivity index (χ1) is 9.83. The van der Waals surface area contributed by atoms with Crippen LogP contribution >= 0.6 is 15.9 Å². The van der Waals surface area contributed by atoms with Crippen LogP contribution in [0.3, 0.4) is 0 Å². The first kappa shape index (κ1) is 16.8. The summed E-state index contributed by atoms with van der Waals surface area (Å²) in [5.41, 5.74) is 1.26. The van der Waals surface area contributed by atoms with Gasteiger partial charge in [-0.3, -0.25) is 4.90 Å². The largest absolute Gasteiger partial charge is 0.411 e. The molecule has 2 heterocycles. The van der Waals surface area contributed by atoms with E-state index in [0.29, 0.717) is 0 Å². The van der Waals surface area contributed by atoms with Crippen LogP contribution < -0.4 is 0 Å². The fourth-order valence-electron chi connectivity index (χ4n) is 2.81. The Bertz CT molecular complexity index is 423. The molecule has 1 fully saturated rings. The Morgan fingerprint density at radius 1 is 1.43 bits per heavy atom. The average Bonchev–Trinajstić information content (AvgIpc) is 2.73. The fraction of sp³-hybridized carbons (Fsp3) is 0.714. The second-order valence-corrected chi connectivity index (χ2v) is 6.54. The first-order valence-corrected chi connectivity index (χ1v) is 7.78. The van der Waals surface area contributed by atoms with Gasteiger partial charge in [-0.1, -0.05) is 0 Å². The molecule has 1 saturated heterocycles. The summed E-state index contributed by atoms with van der Waals surface area (Å²) >= 11 is 3.47. The highest BCUT2D eigenvalue weighted by atomic mass is 79.9. The first-order valence-electron chi connectivity index (χ1n) is 6.99. The minimum Gasteiger partial charge on any atom is -0.375 e. The van der Waals surface area contributed by atoms with Gasteiger partial charge in [-0.2, -0.15) is 13.2 Å². The maximum Gasteiger partial charge on any atom is 0.411 e. The van der Waals surface area contributed by atoms with Gasteiger partial charge in [-0.05, 0) is 47.0 Å². The van der Waals surface area contributed by atoms with E-state index in [9.17, 15) is 13.2 Å². The summed E-state index contributed by atoms with van der Waals surface area (Å²) < 4.78 is 42.2. The van der Waals surface area contributed by atoms with Crippen molar-refractivity contribution in [2.45, 2.75) is 25.1 Å². The van der Waals surface area contributed by atoms with Crippen molar-refractivity contribution < 1.29 is 17.9 Å². The number of nitrogens with zero attached hydrogens (tertiary/aromatic N) is 2. The molecule has 0 aliphatic carbocycles. The van der Waals surface area contributed by atoms with Crippen molar-refractivity contribution in [2.75, 3.05) is 39.9 Å². The minimum absolute atomic E-state index is 0.0863. The Morgan fingerprint density at radius 2 is 2.19 bits per heavy atom. The van der Waals surface area contributed by atoms with Crippen molar-refractivity contribution in [3.05, 3.63) is 22.3 Å². The second kappa shape index (κ2) is 7.15. The lowest BCUT2D eigenvalue weighted by molar-refractivity contribution is -0.176. The van der Waals surface area contributed by atoms with Gasteiger partial charge in [0.25, 0.3) is 0 Å². The fourth-order valence-corrected chi connectivity index (χ4v) is 3.49. The highest BCUT2D eigenvalue weighted by molar-refractivity contribution is 9.11. The molecule has 0 aromatic rings. The van der Waals surface area contributed by atoms with Crippen molar-refractivity contribution in [3.63, 3.8) is 0 Å². The Kier molecular flexibility index (Phi) is 5.73. The smallest absolute Gasteiger partial charge is 0.375 e. The molecule has 0 aromatic carbocycles. The van der Waals surface area contributed by atoms with Crippen LogP contribution in [-0.4, -0.2) is 61.9 Å². The molecule has 0 amide bonds. The number of likely N-dealkylation sites (N-methyl/N-ethyl adjacent to an activating group) is 1. The van der Waals surface area contributed by atoms with Crippen LogP contribution in [-0.2, 0) is 4.74 Å². The van der Waals surface area contributed by atoms with Crippen molar-refractivity contribution in [2.24, 2.45) is 0 Å². The standard InChI is InChI=1S/C14H20BrF3N2O/c1-19-6-11(5-12(15)8-19)7-20-4-2-3-13(20)9-21-10-14(16,17)18/h5,8,13H,2-4,6-7,9-10H2,1H3/t13-/m0/s1. The van der Waals surface area contributed by atoms with Gasteiger partial charge in [0, 0.05) is 36.9 Å². The van der Waals surface area contributed by atoms with E-state index in [1.165, 1.54) is 5.57 Å². The zero-order chi connectivity index (χ0) is 15.5. The Hall–Kier alpha value is -0.530. The topological polar surface area (TPSA) is 15.7 Å². The molecule has 3 nitrogen and oxygen atoms in total. The minimum atomic E-state index is -4.24. The van der Waals surface area contributed by atoms with Crippen LogP contribution in [0, 0.1) is 0 Å². The van der Waals surface area contributed by atoms with Crippen molar-refractivity contribution in [1.29, 1.82) is 0 Å². The molecule has 0 bridgehead atoms. The molecule has 1 atom stereocenters. The molecule has 21 heavy (non-hydrogen) atoms. The lowest BCUT2D eigenvalue weighted by Crippen LogP contribution is -2.37. The third-order valence-corrected chi connectivity index (χ3v) is 4.05. The van der Waals surface area contributed by atoms with Gasteiger partial charge in [-0.15, -0.1) is 0 Å². The molecular formula is C14H20BrF3N2O. The third kappa shape index (κ3) is 5.64. The Balaban J connectivity index is 1.83. The number of ether oxygens (including phenoxy) is 1. The van der Waals surface area contributed by atoms with E-state index in [4.69, 9.17) is 4.74 Å². The van der Waals surface area contributed by atoms with Crippen LogP contribution in [0.25, 0.3) is 0 Å². The monoisotopic (exact) mass is 368 g/mol. The highest BCUT2D eigenvalue weighted by Crippen LogP contribution is 2.23. The van der Waals surface area contributed by atoms with Gasteiger partial charge in [-0.25, -0.2) is 0 Å². The lowest BCUT2D eigenvalue weighted by Gasteiger charge is -2.29. The van der Waals surface area contributed by atoms with Gasteiger partial charge >= 0.3 is 6.18 Å². The number of hydrogen-bond acceptors (Lipinski definition) is 3. The molecular weight excluding hydrogens is 349 g/mol. The molecule has 0 saturated carbocycles. The third-order valence-electron chi connectivity index (χ3n) is 3.62. The van der Waals surface area contributed by atoms with Gasteiger partial charge in [0.15, 0.2) is 0 Å². The molecule has 2 rings (SSSR count). The Labute approximate surface area is 131 Å². The number of rotatable bonds is 5. The quantitative estimate of drug-likeness (QED) is 0.741. The molecule has 2 aliphatic rings. The molecule has 0 aromatic heterocycles. The van der Waals surface area contributed by atoms with E-state index in [1.54, 1.807) is 0 Å². The SMILES string of the molecule is CN1C=C(Br)C=C(CN2CCC[C@H]2COCC(F)(F)F)C1. The number of likely N-dealkylation sites (tertiary alicyclic amines) is 1. The summed E-state index contributed by atoms with van der Waals surface area (Å²) in [6.07, 6.45) is 1.77. The van der Waals surface area contributed by atoms with E-state index in [2.05, 4.69) is 31.8 Å². The summed E-state index contributed by atoms with van der Waals surface area (Å²) in [4.78, 5) is 4.31. The summed E-state index contributed by atoms with van der Waals surface area (Å²) in [6, 6.07) is 0.0863. The maximum absolute atomic E-state index is 12.1. The predicted octanol–water partition coefficient (Wildman–Crippen LogP) is 3.14. The van der Waals surface area contributed by atoms with E-state index < -0.39 is 12.8 Å². The number of allylic oxidation sites excluding steroid dienone is 2. The van der Waals surface area contributed by atoms with Gasteiger partial charge in [0.2, 0.25) is 0 Å². The van der Waals surface area contributed by atoms with E-state index >= 15 is 0 Å². The molecule has 0 unspecified atom stereocenters. The normalized spacial score (nSPS) is 24.2. The zero-order valence-corrected chi connectivity index (χ0v) is 13.6. The predicted molar refractivity (Wildman–Crippen MR) is 79.2 cm³/mol. The van der Waals surface area contributed by atoms with Gasteiger partial charge < -0.3 is 9.64 Å². The molecule has 7 heteroatoms. The zero-order valence-electron chi connectivity index (χ0n) is 12.0. The number of hydrogen-bond donors (Lipinski definition) is 0. The van der Waals surface area contributed by atoms with Crippen LogP contribution in [0.15, 0.2) is 22.3 Å². The number of halogens is 4. The number of alkyl halides is 3. The van der Waals surface area contributed by atoms with Crippen LogP contribution in [0.5, 0.6) is 0 Å². The molecule has 120 valence electrons. The molecule has 2 aliphatic heterocycles. The van der Waals surface area contributed by atoms with Crippen molar-refractivity contribution >= 4 is 15.9 Å². The summed E-state index contributed by atoms with van der Waals surface area (Å²) in [5, 5.41) is 0. The van der Waals surface area contributed by atoms with Crippen LogP contribution in [0.1, 0.15) is 12.8 Å². The van der Waals surface area contributed by atoms with E-state index in [1.807, 2.05) is 13.2 Å². The molecule has 0 radical (unpaired) electrons. The second-order valence-electron chi connectivity index (χ2n) is 5.63. The Morgan fingerprint density at radius 3 is 2.86 bits per heavy atom. The van der Waals surface area contributed by atoms with E-state index in [-0.39, 0.29) is 12.6 Å². The van der Waals surface area contributed by atoms with Crippen molar-refractivity contribution in [1.82, 2.24) is 9.80 Å². The average molecular weight is 369 g/mol. The van der Waals surface area contributed by atoms with Gasteiger partial charge in [0.05, 0.1) is 6.61 Å². The van der Waals surface area contributed by atoms with Crippen LogP contribution in [0.2, 0.25) is 0 Å².